The van der Waals surface area contributed by atoms with Crippen molar-refractivity contribution in [1.82, 2.24) is 4.90 Å². The minimum atomic E-state index is -0.656. The number of hydrogen-bond donors (Lipinski definition) is 1. The van der Waals surface area contributed by atoms with Crippen LogP contribution in [-0.2, 0) is 14.3 Å². The van der Waals surface area contributed by atoms with Gasteiger partial charge in [-0.3, -0.25) is 14.5 Å². The van der Waals surface area contributed by atoms with Crippen molar-refractivity contribution in [2.24, 2.45) is 4.99 Å². The largest absolute Gasteiger partial charge is 0.465 e. The summed E-state index contributed by atoms with van der Waals surface area (Å²) in [5.74, 6) is -1.02. The van der Waals surface area contributed by atoms with Crippen molar-refractivity contribution in [3.05, 3.63) is 58.1 Å². The Balaban J connectivity index is 1.76. The molecule has 2 aromatic carbocycles. The lowest BCUT2D eigenvalue weighted by Crippen LogP contribution is -2.43. The number of thioether (sulfide) groups is 1. The van der Waals surface area contributed by atoms with E-state index < -0.39 is 11.2 Å². The molecule has 1 heterocycles. The maximum absolute atomic E-state index is 12.7. The highest BCUT2D eigenvalue weighted by Crippen LogP contribution is 2.30. The van der Waals surface area contributed by atoms with Crippen LogP contribution in [0, 0.1) is 0 Å². The van der Waals surface area contributed by atoms with E-state index >= 15 is 0 Å². The lowest BCUT2D eigenvalue weighted by Gasteiger charge is -2.28. The molecular formula is C20H17Cl2N3O4S. The van der Waals surface area contributed by atoms with Gasteiger partial charge >= 0.3 is 5.97 Å². The molecule has 1 N–H and O–H groups in total. The lowest BCUT2D eigenvalue weighted by atomic mass is 10.2. The number of halogens is 2. The van der Waals surface area contributed by atoms with E-state index in [-0.39, 0.29) is 18.2 Å². The third kappa shape index (κ3) is 5.13. The van der Waals surface area contributed by atoms with Crippen molar-refractivity contribution in [1.29, 1.82) is 0 Å². The highest BCUT2D eigenvalue weighted by Gasteiger charge is 2.34. The highest BCUT2D eigenvalue weighted by atomic mass is 35.5. The van der Waals surface area contributed by atoms with Gasteiger partial charge in [-0.2, -0.15) is 0 Å². The first-order valence-corrected chi connectivity index (χ1v) is 10.4. The molecule has 2 aromatic rings. The van der Waals surface area contributed by atoms with Crippen LogP contribution >= 0.6 is 35.0 Å². The van der Waals surface area contributed by atoms with E-state index in [0.717, 1.165) is 0 Å². The number of methoxy groups -OCH3 is 1. The van der Waals surface area contributed by atoms with Crippen molar-refractivity contribution in [2.45, 2.75) is 11.7 Å². The number of hydrogen-bond acceptors (Lipinski definition) is 6. The average Bonchev–Trinajstić information content (AvgIpc) is 2.73. The van der Waals surface area contributed by atoms with Crippen LogP contribution < -0.4 is 5.32 Å². The summed E-state index contributed by atoms with van der Waals surface area (Å²) in [6.45, 7) is 0. The summed E-state index contributed by atoms with van der Waals surface area (Å²) < 4.78 is 4.67. The minimum absolute atomic E-state index is 0.0363. The number of ether oxygens (including phenoxy) is 1. The molecule has 0 spiro atoms. The molecule has 2 amide bonds. The van der Waals surface area contributed by atoms with Gasteiger partial charge in [0.15, 0.2) is 5.17 Å². The van der Waals surface area contributed by atoms with Crippen molar-refractivity contribution >= 4 is 69.3 Å². The smallest absolute Gasteiger partial charge is 0.337 e. The van der Waals surface area contributed by atoms with Gasteiger partial charge in [-0.25, -0.2) is 9.79 Å². The highest BCUT2D eigenvalue weighted by molar-refractivity contribution is 8.15. The summed E-state index contributed by atoms with van der Waals surface area (Å²) in [6, 6.07) is 11.2. The molecule has 1 aliphatic heterocycles. The predicted octanol–water partition coefficient (Wildman–Crippen LogP) is 4.37. The van der Waals surface area contributed by atoms with Gasteiger partial charge in [-0.05, 0) is 42.5 Å². The lowest BCUT2D eigenvalue weighted by molar-refractivity contribution is -0.128. The Morgan fingerprint density at radius 2 is 1.87 bits per heavy atom. The number of amides is 2. The quantitative estimate of drug-likeness (QED) is 0.677. The van der Waals surface area contributed by atoms with E-state index in [4.69, 9.17) is 23.2 Å². The van der Waals surface area contributed by atoms with E-state index in [9.17, 15) is 14.4 Å². The van der Waals surface area contributed by atoms with E-state index in [0.29, 0.717) is 32.2 Å². The van der Waals surface area contributed by atoms with E-state index in [1.165, 1.54) is 23.8 Å². The molecule has 1 saturated heterocycles. The number of nitrogens with zero attached hydrogens (tertiary/aromatic N) is 2. The second kappa shape index (κ2) is 9.51. The van der Waals surface area contributed by atoms with E-state index in [1.54, 1.807) is 49.5 Å². The Morgan fingerprint density at radius 1 is 1.17 bits per heavy atom. The molecule has 0 bridgehead atoms. The van der Waals surface area contributed by atoms with Gasteiger partial charge in [-0.15, -0.1) is 0 Å². The van der Waals surface area contributed by atoms with Crippen LogP contribution in [0.3, 0.4) is 0 Å². The Kier molecular flexibility index (Phi) is 7.02. The van der Waals surface area contributed by atoms with Crippen LogP contribution in [-0.4, -0.2) is 47.3 Å². The fourth-order valence-electron chi connectivity index (χ4n) is 2.59. The average molecular weight is 466 g/mol. The zero-order chi connectivity index (χ0) is 21.8. The van der Waals surface area contributed by atoms with Gasteiger partial charge in [-0.1, -0.05) is 35.0 Å². The van der Waals surface area contributed by atoms with Crippen molar-refractivity contribution in [3.63, 3.8) is 0 Å². The Morgan fingerprint density at radius 3 is 2.50 bits per heavy atom. The van der Waals surface area contributed by atoms with Crippen molar-refractivity contribution in [2.75, 3.05) is 19.5 Å². The second-order valence-corrected chi connectivity index (χ2v) is 8.30. The normalized spacial score (nSPS) is 17.7. The third-order valence-electron chi connectivity index (χ3n) is 4.26. The number of carbonyl (C=O) groups excluding carboxylic acids is 3. The van der Waals surface area contributed by atoms with Crippen LogP contribution in [0.1, 0.15) is 16.8 Å². The zero-order valence-electron chi connectivity index (χ0n) is 16.0. The van der Waals surface area contributed by atoms with E-state index in [1.807, 2.05) is 0 Å². The van der Waals surface area contributed by atoms with Gasteiger partial charge in [0, 0.05) is 19.2 Å². The number of rotatable bonds is 4. The minimum Gasteiger partial charge on any atom is -0.465 e. The van der Waals surface area contributed by atoms with Gasteiger partial charge in [0.1, 0.15) is 5.25 Å². The SMILES string of the molecule is COC(=O)c1ccc(N=C2SC(C(=O)Nc3ccc(Cl)c(Cl)c3)CC(=O)N2C)cc1. The third-order valence-corrected chi connectivity index (χ3v) is 6.24. The number of aliphatic imine (C=N–C) groups is 1. The Hall–Kier alpha value is -2.55. The van der Waals surface area contributed by atoms with Crippen LogP contribution in [0.5, 0.6) is 0 Å². The molecule has 1 fully saturated rings. The monoisotopic (exact) mass is 465 g/mol. The summed E-state index contributed by atoms with van der Waals surface area (Å²) in [5.41, 5.74) is 1.41. The van der Waals surface area contributed by atoms with Gasteiger partial charge in [0.2, 0.25) is 11.8 Å². The molecule has 7 nitrogen and oxygen atoms in total. The molecule has 0 radical (unpaired) electrons. The summed E-state index contributed by atoms with van der Waals surface area (Å²) >= 11 is 13.1. The molecule has 0 aromatic heterocycles. The summed E-state index contributed by atoms with van der Waals surface area (Å²) in [4.78, 5) is 42.5. The Bertz CT molecular complexity index is 1030. The molecule has 10 heteroatoms. The van der Waals surface area contributed by atoms with Crippen LogP contribution in [0.25, 0.3) is 0 Å². The maximum Gasteiger partial charge on any atom is 0.337 e. The molecule has 1 unspecified atom stereocenters. The number of nitrogens with one attached hydrogen (secondary N) is 1. The van der Waals surface area contributed by atoms with Gasteiger partial charge in [0.25, 0.3) is 0 Å². The van der Waals surface area contributed by atoms with Gasteiger partial charge < -0.3 is 10.1 Å². The first-order valence-electron chi connectivity index (χ1n) is 8.74. The first-order chi connectivity index (χ1) is 14.3. The topological polar surface area (TPSA) is 88.1 Å². The summed E-state index contributed by atoms with van der Waals surface area (Å²) in [5, 5.41) is 3.17. The molecule has 3 rings (SSSR count). The summed E-state index contributed by atoms with van der Waals surface area (Å²) in [6.07, 6.45) is 0.0363. The van der Waals surface area contributed by atoms with Crippen molar-refractivity contribution in [3.8, 4) is 0 Å². The number of amidine groups is 1. The van der Waals surface area contributed by atoms with E-state index in [2.05, 4.69) is 15.0 Å². The molecule has 1 aliphatic rings. The molecule has 0 aliphatic carbocycles. The maximum atomic E-state index is 12.7. The fraction of sp³-hybridized carbons (Fsp3) is 0.200. The number of benzene rings is 2. The number of esters is 1. The second-order valence-electron chi connectivity index (χ2n) is 6.31. The van der Waals surface area contributed by atoms with Crippen molar-refractivity contribution < 1.29 is 19.1 Å². The molecule has 1 atom stereocenters. The van der Waals surface area contributed by atoms with Gasteiger partial charge in [0.05, 0.1) is 28.4 Å². The summed E-state index contributed by atoms with van der Waals surface area (Å²) in [7, 11) is 2.91. The standard InChI is InChI=1S/C20H17Cl2N3O4S/c1-25-17(26)10-16(18(27)23-13-7-8-14(21)15(22)9-13)30-20(25)24-12-5-3-11(4-6-12)19(28)29-2/h3-9,16H,10H2,1-2H3,(H,23,27). The zero-order valence-corrected chi connectivity index (χ0v) is 18.3. The molecule has 0 saturated carbocycles. The number of anilines is 1. The number of carbonyl (C=O) groups is 3. The van der Waals surface area contributed by atoms with Crippen LogP contribution in [0.4, 0.5) is 11.4 Å². The molecule has 156 valence electrons. The molecule has 30 heavy (non-hydrogen) atoms. The first kappa shape index (κ1) is 22.1. The Labute approximate surface area is 187 Å². The fourth-order valence-corrected chi connectivity index (χ4v) is 3.96. The predicted molar refractivity (Wildman–Crippen MR) is 119 cm³/mol. The van der Waals surface area contributed by atoms with Crippen LogP contribution in [0.2, 0.25) is 10.0 Å². The van der Waals surface area contributed by atoms with Crippen LogP contribution in [0.15, 0.2) is 47.5 Å². The molecular weight excluding hydrogens is 449 g/mol.